The molecule has 0 unspecified atom stereocenters. The van der Waals surface area contributed by atoms with Gasteiger partial charge in [0.1, 0.15) is 47.7 Å². The van der Waals surface area contributed by atoms with Gasteiger partial charge in [-0.1, -0.05) is 279 Å². The molecule has 0 bridgehead atoms. The van der Waals surface area contributed by atoms with E-state index in [9.17, 15) is 0 Å². The SMILES string of the molecule is [Au+].[Au+].[C-]#CC1=CC2=C(CC1)c1ccccc1C2(c1ccccc1)c1ccccc1.[C-]#Cc1ccc2c(c1)-c1ccccc1C2(c1ccccc1)c1ccccc1.c1ccc([PH+](c2ccccc2)c2cc3ccccc3cc2[PH+](c2ccccc2)c2ccccc2)cc1. The summed E-state index contributed by atoms with van der Waals surface area (Å²) in [6.07, 6.45) is 19.3. The van der Waals surface area contributed by atoms with E-state index in [4.69, 9.17) is 12.8 Å². The van der Waals surface area contributed by atoms with E-state index >= 15 is 0 Å². The summed E-state index contributed by atoms with van der Waals surface area (Å²) in [4.78, 5) is 0. The van der Waals surface area contributed by atoms with Crippen LogP contribution in [0.4, 0.5) is 0 Å². The Balaban J connectivity index is 0.000000134. The Kier molecular flexibility index (Phi) is 19.7. The molecule has 92 heavy (non-hydrogen) atoms. The predicted molar refractivity (Wildman–Crippen MR) is 385 cm³/mol. The largest absolute Gasteiger partial charge is 1.00 e. The Morgan fingerprint density at radius 3 is 1.03 bits per heavy atom. The second-order valence-electron chi connectivity index (χ2n) is 23.1. The van der Waals surface area contributed by atoms with E-state index in [1.807, 2.05) is 6.07 Å². The third-order valence-electron chi connectivity index (χ3n) is 18.2. The summed E-state index contributed by atoms with van der Waals surface area (Å²) < 4.78 is 0. The Labute approximate surface area is 576 Å². The van der Waals surface area contributed by atoms with Crippen molar-refractivity contribution >= 4 is 64.0 Å². The van der Waals surface area contributed by atoms with Crippen LogP contribution in [0.5, 0.6) is 0 Å². The zero-order chi connectivity index (χ0) is 60.7. The topological polar surface area (TPSA) is 0 Å². The van der Waals surface area contributed by atoms with Crippen molar-refractivity contribution in [2.45, 2.75) is 23.7 Å². The number of benzene rings is 13. The van der Waals surface area contributed by atoms with Gasteiger partial charge < -0.3 is 12.8 Å². The maximum atomic E-state index is 7.71. The van der Waals surface area contributed by atoms with E-state index < -0.39 is 15.8 Å². The summed E-state index contributed by atoms with van der Waals surface area (Å²) in [5.74, 6) is 5.21. The third kappa shape index (κ3) is 11.8. The molecule has 0 N–H and O–H groups in total. The molecule has 0 aliphatic heterocycles. The van der Waals surface area contributed by atoms with Crippen LogP contribution in [0.15, 0.2) is 363 Å². The second kappa shape index (κ2) is 28.7. The molecule has 4 heteroatoms. The summed E-state index contributed by atoms with van der Waals surface area (Å²) >= 11 is 0. The molecule has 0 saturated carbocycles. The van der Waals surface area contributed by atoms with E-state index in [0.29, 0.717) is 0 Å². The fourth-order valence-corrected chi connectivity index (χ4v) is 20.4. The molecule has 0 nitrogen and oxygen atoms in total. The number of hydrogen-bond donors (Lipinski definition) is 0. The number of hydrogen-bond acceptors (Lipinski definition) is 0. The van der Waals surface area contributed by atoms with Gasteiger partial charge in [0.05, 0.1) is 10.8 Å². The van der Waals surface area contributed by atoms with Gasteiger partial charge in [0.15, 0.2) is 0 Å². The fraction of sp³-hybridized carbons (Fsp3) is 0.0455. The van der Waals surface area contributed by atoms with Gasteiger partial charge in [0, 0.05) is 0 Å². The maximum Gasteiger partial charge on any atom is 1.00 e. The average Bonchev–Trinajstić information content (AvgIpc) is 1.53. The third-order valence-corrected chi connectivity index (χ3v) is 24.0. The van der Waals surface area contributed by atoms with Gasteiger partial charge in [0.2, 0.25) is 0 Å². The molecule has 13 aromatic carbocycles. The van der Waals surface area contributed by atoms with Crippen LogP contribution in [0.2, 0.25) is 0 Å². The molecule has 0 atom stereocenters. The first-order valence-electron chi connectivity index (χ1n) is 30.9. The molecule has 3 aliphatic rings. The van der Waals surface area contributed by atoms with Crippen molar-refractivity contribution in [2.24, 2.45) is 0 Å². The molecule has 0 radical (unpaired) electrons. The summed E-state index contributed by atoms with van der Waals surface area (Å²) in [7, 11) is -2.46. The first-order chi connectivity index (χ1) is 44.6. The molecule has 0 fully saturated rings. The molecule has 0 heterocycles. The minimum atomic E-state index is -1.23. The first kappa shape index (κ1) is 63.2. The molecule has 0 spiro atoms. The molecule has 3 aliphatic carbocycles. The predicted octanol–water partition coefficient (Wildman–Crippen LogP) is 17.9. The van der Waals surface area contributed by atoms with Crippen molar-refractivity contribution in [1.82, 2.24) is 0 Å². The first-order valence-corrected chi connectivity index (χ1v) is 33.9. The molecule has 16 rings (SSSR count). The van der Waals surface area contributed by atoms with Crippen LogP contribution in [-0.2, 0) is 55.6 Å². The molecular weight excluding hydrogens is 1510 g/mol. The van der Waals surface area contributed by atoms with Crippen molar-refractivity contribution in [1.29, 1.82) is 0 Å². The van der Waals surface area contributed by atoms with E-state index in [1.54, 1.807) is 0 Å². The summed E-state index contributed by atoms with van der Waals surface area (Å²) in [5.41, 5.74) is 16.6. The van der Waals surface area contributed by atoms with E-state index in [-0.39, 0.29) is 55.6 Å². The van der Waals surface area contributed by atoms with E-state index in [2.05, 4.69) is 358 Å². The average molecular weight is 1580 g/mol. The Bertz CT molecular complexity index is 4550. The molecule has 0 amide bonds. The Morgan fingerprint density at radius 1 is 0.293 bits per heavy atom. The standard InChI is InChI=1S/C34H26P2.C27H17.C27H19.2Au/c1-5-17-29(18-6-1)35(30-19-7-2-8-20-30)33-25-27-15-13-14-16-28(27)26-34(33)36(31-21-9-3-10-22-31)32-23-11-4-12-24-32;1-2-20-17-18-26-24(19-20)23-15-9-10-16-25(23)27(26,21-11-5-3-6-12-21)22-13-7-4-8-14-22;1-2-20-17-18-24-23-15-9-10-16-25(23)27(26(24)19-20,21-11-5-3-6-12-21)22-13-7-4-8-14-22;;/h1-26H;3-19H;3-16,19H,17-18H2;;/q;2*-1;2*+1/p+2. The minimum Gasteiger partial charge on any atom is -0.366 e. The van der Waals surface area contributed by atoms with Crippen molar-refractivity contribution in [3.63, 3.8) is 0 Å². The summed E-state index contributed by atoms with van der Waals surface area (Å²) in [6, 6.07) is 125. The molecule has 0 aromatic heterocycles. The van der Waals surface area contributed by atoms with E-state index in [0.717, 1.165) is 24.0 Å². The number of fused-ring (bicyclic) bond motifs is 6. The Morgan fingerprint density at radius 2 is 0.630 bits per heavy atom. The van der Waals surface area contributed by atoms with Crippen LogP contribution in [0, 0.1) is 24.7 Å². The van der Waals surface area contributed by atoms with Gasteiger partial charge in [-0.2, -0.15) is 0 Å². The van der Waals surface area contributed by atoms with Gasteiger partial charge in [-0.15, -0.1) is 29.3 Å². The van der Waals surface area contributed by atoms with E-state index in [1.165, 1.54) is 109 Å². The van der Waals surface area contributed by atoms with Gasteiger partial charge in [-0.25, -0.2) is 0 Å². The molecular formula is C88H64Au2P2+2. The quantitative estimate of drug-likeness (QED) is 0.0554. The van der Waals surface area contributed by atoms with Crippen LogP contribution in [0.1, 0.15) is 62.9 Å². The fourth-order valence-electron chi connectivity index (χ4n) is 14.4. The second-order valence-corrected chi connectivity index (χ2v) is 28.0. The molecule has 13 aromatic rings. The monoisotopic (exact) mass is 1580 g/mol. The molecule has 446 valence electrons. The van der Waals surface area contributed by atoms with Crippen LogP contribution in [-0.4, -0.2) is 0 Å². The normalized spacial score (nSPS) is 13.3. The van der Waals surface area contributed by atoms with Crippen LogP contribution in [0.3, 0.4) is 0 Å². The minimum absolute atomic E-state index is 0. The van der Waals surface area contributed by atoms with Gasteiger partial charge in [-0.3, -0.25) is 11.8 Å². The smallest absolute Gasteiger partial charge is 0.366 e. The molecule has 0 saturated heterocycles. The number of allylic oxidation sites excluding steroid dienone is 4. The van der Waals surface area contributed by atoms with Gasteiger partial charge in [0.25, 0.3) is 0 Å². The van der Waals surface area contributed by atoms with Crippen LogP contribution >= 0.6 is 15.8 Å². The maximum absolute atomic E-state index is 7.71. The van der Waals surface area contributed by atoms with Gasteiger partial charge >= 0.3 is 44.8 Å². The Hall–Kier alpha value is -8.94. The van der Waals surface area contributed by atoms with Crippen molar-refractivity contribution in [3.05, 3.63) is 426 Å². The summed E-state index contributed by atoms with van der Waals surface area (Å²) in [5, 5.41) is 11.3. The van der Waals surface area contributed by atoms with Crippen molar-refractivity contribution < 1.29 is 44.8 Å². The van der Waals surface area contributed by atoms with Crippen LogP contribution < -0.4 is 31.8 Å². The zero-order valence-corrected chi connectivity index (χ0v) is 56.8. The zero-order valence-electron chi connectivity index (χ0n) is 50.5. The van der Waals surface area contributed by atoms with Crippen molar-refractivity contribution in [2.75, 3.05) is 0 Å². The van der Waals surface area contributed by atoms with Crippen molar-refractivity contribution in [3.8, 4) is 23.0 Å². The van der Waals surface area contributed by atoms with Gasteiger partial charge in [-0.05, 0) is 145 Å². The summed E-state index contributed by atoms with van der Waals surface area (Å²) in [6.45, 7) is 0. The van der Waals surface area contributed by atoms with Crippen LogP contribution in [0.25, 0.3) is 27.5 Å². The number of rotatable bonds is 10.